The molecule has 2 aliphatic heterocycles. The fraction of sp³-hybridized carbons (Fsp3) is 0.333. The summed E-state index contributed by atoms with van der Waals surface area (Å²) in [6.45, 7) is 1.73. The number of oxime groups is 1. The highest BCUT2D eigenvalue weighted by Crippen LogP contribution is 2.49. The van der Waals surface area contributed by atoms with Gasteiger partial charge in [-0.05, 0) is 48.4 Å². The van der Waals surface area contributed by atoms with Crippen molar-refractivity contribution < 1.29 is 22.8 Å². The maximum atomic E-state index is 14.1. The van der Waals surface area contributed by atoms with E-state index >= 15 is 0 Å². The number of halogens is 5. The summed E-state index contributed by atoms with van der Waals surface area (Å²) < 4.78 is 42.4. The number of hydrogen-bond acceptors (Lipinski definition) is 4. The van der Waals surface area contributed by atoms with Crippen LogP contribution in [0.2, 0.25) is 10.0 Å². The lowest BCUT2D eigenvalue weighted by Crippen LogP contribution is -2.44. The van der Waals surface area contributed by atoms with Crippen LogP contribution in [-0.2, 0) is 10.4 Å². The number of thioether (sulfide) groups is 1. The molecular formula is C21H17Cl2F3N2O2S. The molecule has 2 aliphatic rings. The van der Waals surface area contributed by atoms with Gasteiger partial charge in [0.25, 0.3) is 11.5 Å². The smallest absolute Gasteiger partial charge is 0.374 e. The molecule has 0 aliphatic carbocycles. The molecule has 4 rings (SSSR count). The molecule has 0 unspecified atom stereocenters. The molecule has 2 aromatic carbocycles. The van der Waals surface area contributed by atoms with E-state index in [1.54, 1.807) is 36.9 Å². The van der Waals surface area contributed by atoms with Crippen molar-refractivity contribution in [2.24, 2.45) is 5.16 Å². The average Bonchev–Trinajstić information content (AvgIpc) is 3.10. The quantitative estimate of drug-likeness (QED) is 0.597. The first kappa shape index (κ1) is 22.3. The van der Waals surface area contributed by atoms with Crippen molar-refractivity contribution in [1.82, 2.24) is 5.32 Å². The van der Waals surface area contributed by atoms with E-state index in [1.807, 2.05) is 0 Å². The molecule has 2 heterocycles. The highest BCUT2D eigenvalue weighted by molar-refractivity contribution is 8.00. The number of carbonyl (C=O) groups excluding carboxylic acids is 1. The average molecular weight is 489 g/mol. The zero-order chi connectivity index (χ0) is 22.4. The summed E-state index contributed by atoms with van der Waals surface area (Å²) in [6, 6.07) is 8.68. The third-order valence-electron chi connectivity index (χ3n) is 5.29. The number of hydrogen-bond donors (Lipinski definition) is 1. The van der Waals surface area contributed by atoms with Crippen LogP contribution in [0.4, 0.5) is 13.2 Å². The van der Waals surface area contributed by atoms with E-state index < -0.39 is 18.2 Å². The van der Waals surface area contributed by atoms with Crippen molar-refractivity contribution in [2.75, 3.05) is 11.5 Å². The van der Waals surface area contributed by atoms with Gasteiger partial charge in [-0.1, -0.05) is 34.4 Å². The van der Waals surface area contributed by atoms with Crippen molar-refractivity contribution in [1.29, 1.82) is 0 Å². The Labute approximate surface area is 191 Å². The molecule has 1 N–H and O–H groups in total. The van der Waals surface area contributed by atoms with Gasteiger partial charge in [0.1, 0.15) is 0 Å². The Kier molecular flexibility index (Phi) is 5.91. The number of carbonyl (C=O) groups is 1. The van der Waals surface area contributed by atoms with Crippen molar-refractivity contribution in [3.63, 3.8) is 0 Å². The predicted octanol–water partition coefficient (Wildman–Crippen LogP) is 5.73. The minimum absolute atomic E-state index is 0.0687. The van der Waals surface area contributed by atoms with Crippen LogP contribution in [0.1, 0.15) is 33.5 Å². The van der Waals surface area contributed by atoms with Gasteiger partial charge in [-0.3, -0.25) is 4.79 Å². The SMILES string of the molecule is Cc1cc(C2=NO[C@](c3cc(Cl)cc(Cl)c3)(C(F)(F)F)C2)ccc1C(=O)NC1CSC1. The van der Waals surface area contributed by atoms with Crippen LogP contribution < -0.4 is 5.32 Å². The van der Waals surface area contributed by atoms with Crippen LogP contribution in [0.5, 0.6) is 0 Å². The van der Waals surface area contributed by atoms with Crippen LogP contribution in [0, 0.1) is 6.92 Å². The summed E-state index contributed by atoms with van der Waals surface area (Å²) in [4.78, 5) is 17.5. The van der Waals surface area contributed by atoms with Crippen LogP contribution >= 0.6 is 35.0 Å². The number of rotatable bonds is 4. The Morgan fingerprint density at radius 2 is 1.87 bits per heavy atom. The molecule has 0 saturated carbocycles. The predicted molar refractivity (Wildman–Crippen MR) is 116 cm³/mol. The molecule has 0 spiro atoms. The summed E-state index contributed by atoms with van der Waals surface area (Å²) >= 11 is 13.6. The van der Waals surface area contributed by atoms with Crippen LogP contribution in [-0.4, -0.2) is 35.3 Å². The van der Waals surface area contributed by atoms with Gasteiger partial charge in [-0.2, -0.15) is 24.9 Å². The number of amides is 1. The highest BCUT2D eigenvalue weighted by atomic mass is 35.5. The lowest BCUT2D eigenvalue weighted by molar-refractivity contribution is -0.275. The van der Waals surface area contributed by atoms with Gasteiger partial charge < -0.3 is 10.2 Å². The molecule has 1 atom stereocenters. The van der Waals surface area contributed by atoms with Gasteiger partial charge in [0, 0.05) is 45.1 Å². The zero-order valence-corrected chi connectivity index (χ0v) is 18.6. The van der Waals surface area contributed by atoms with E-state index in [1.165, 1.54) is 18.2 Å². The lowest BCUT2D eigenvalue weighted by atomic mass is 9.86. The fourth-order valence-corrected chi connectivity index (χ4v) is 4.69. The standard InChI is InChI=1S/C21H17Cl2F3N2O2S/c1-11-4-12(2-3-17(11)19(29)27-16-9-31-10-16)18-8-20(30-28-18,21(24,25)26)13-5-14(22)7-15(23)6-13/h2-7,16H,8-10H2,1H3,(H,27,29)/t20-/m1/s1. The number of benzene rings is 2. The van der Waals surface area contributed by atoms with E-state index in [2.05, 4.69) is 10.5 Å². The van der Waals surface area contributed by atoms with Crippen molar-refractivity contribution in [3.05, 3.63) is 68.7 Å². The number of aryl methyl sites for hydroxylation is 1. The number of alkyl halides is 3. The summed E-state index contributed by atoms with van der Waals surface area (Å²) in [5.41, 5.74) is -1.22. The monoisotopic (exact) mass is 488 g/mol. The van der Waals surface area contributed by atoms with Crippen LogP contribution in [0.3, 0.4) is 0 Å². The molecule has 164 valence electrons. The number of nitrogens with zero attached hydrogens (tertiary/aromatic N) is 1. The van der Waals surface area contributed by atoms with Gasteiger partial charge in [0.15, 0.2) is 0 Å². The second kappa shape index (κ2) is 8.22. The Bertz CT molecular complexity index is 1050. The summed E-state index contributed by atoms with van der Waals surface area (Å²) in [6.07, 6.45) is -5.31. The largest absolute Gasteiger partial charge is 0.435 e. The molecule has 31 heavy (non-hydrogen) atoms. The summed E-state index contributed by atoms with van der Waals surface area (Å²) in [5.74, 6) is 1.56. The molecule has 10 heteroatoms. The van der Waals surface area contributed by atoms with Gasteiger partial charge in [0.05, 0.1) is 5.71 Å². The molecule has 0 aromatic heterocycles. The molecule has 1 amide bonds. The van der Waals surface area contributed by atoms with Gasteiger partial charge >= 0.3 is 6.18 Å². The summed E-state index contributed by atoms with van der Waals surface area (Å²) in [7, 11) is 0. The van der Waals surface area contributed by atoms with E-state index in [-0.39, 0.29) is 33.3 Å². The Morgan fingerprint density at radius 1 is 1.19 bits per heavy atom. The molecule has 0 bridgehead atoms. The van der Waals surface area contributed by atoms with Crippen LogP contribution in [0.15, 0.2) is 41.6 Å². The van der Waals surface area contributed by atoms with Gasteiger partial charge in [-0.25, -0.2) is 0 Å². The first-order valence-corrected chi connectivity index (χ1v) is 11.3. The Hall–Kier alpha value is -1.90. The van der Waals surface area contributed by atoms with E-state index in [9.17, 15) is 18.0 Å². The maximum Gasteiger partial charge on any atom is 0.435 e. The van der Waals surface area contributed by atoms with E-state index in [0.29, 0.717) is 16.7 Å². The van der Waals surface area contributed by atoms with E-state index in [0.717, 1.165) is 11.5 Å². The molecule has 1 fully saturated rings. The molecule has 0 radical (unpaired) electrons. The van der Waals surface area contributed by atoms with E-state index in [4.69, 9.17) is 28.0 Å². The third kappa shape index (κ3) is 4.25. The third-order valence-corrected chi connectivity index (χ3v) is 7.00. The van der Waals surface area contributed by atoms with Gasteiger partial charge in [-0.15, -0.1) is 0 Å². The van der Waals surface area contributed by atoms with Crippen molar-refractivity contribution in [2.45, 2.75) is 31.2 Å². The summed E-state index contributed by atoms with van der Waals surface area (Å²) in [5, 5.41) is 6.83. The molecule has 1 saturated heterocycles. The maximum absolute atomic E-state index is 14.1. The lowest BCUT2D eigenvalue weighted by Gasteiger charge is -2.29. The Morgan fingerprint density at radius 3 is 2.42 bits per heavy atom. The molecule has 4 nitrogen and oxygen atoms in total. The topological polar surface area (TPSA) is 50.7 Å². The first-order chi connectivity index (χ1) is 14.6. The second-order valence-electron chi connectivity index (χ2n) is 7.53. The highest BCUT2D eigenvalue weighted by Gasteiger charge is 2.62. The van der Waals surface area contributed by atoms with Crippen LogP contribution in [0.25, 0.3) is 0 Å². The fourth-order valence-electron chi connectivity index (χ4n) is 3.53. The second-order valence-corrected chi connectivity index (χ2v) is 9.47. The first-order valence-electron chi connectivity index (χ1n) is 9.37. The minimum Gasteiger partial charge on any atom is -0.374 e. The van der Waals surface area contributed by atoms with Gasteiger partial charge in [0.2, 0.25) is 0 Å². The molecular weight excluding hydrogens is 472 g/mol. The Balaban J connectivity index is 1.61. The number of nitrogens with one attached hydrogen (secondary N) is 1. The van der Waals surface area contributed by atoms with Crippen molar-refractivity contribution in [3.8, 4) is 0 Å². The minimum atomic E-state index is -4.76. The zero-order valence-electron chi connectivity index (χ0n) is 16.2. The van der Waals surface area contributed by atoms with Crippen molar-refractivity contribution >= 4 is 46.6 Å². The molecule has 2 aromatic rings. The normalized spacial score (nSPS) is 21.3.